The van der Waals surface area contributed by atoms with Crippen LogP contribution in [0.25, 0.3) is 0 Å². The molecule has 5 heteroatoms. The van der Waals surface area contributed by atoms with Crippen LogP contribution < -0.4 is 5.32 Å². The summed E-state index contributed by atoms with van der Waals surface area (Å²) < 4.78 is 5.54. The number of carbonyl (C=O) groups is 2. The first-order valence-corrected chi connectivity index (χ1v) is 7.33. The van der Waals surface area contributed by atoms with E-state index >= 15 is 0 Å². The molecule has 1 heterocycles. The lowest BCUT2D eigenvalue weighted by atomic mass is 10.0. The molecule has 0 aromatic heterocycles. The molecule has 2 unspecified atom stereocenters. The number of aliphatic carboxylic acids is 1. The standard InChI is InChI=1S/C16H21NO4/c18-15(10-13-8-4-5-9-21-13)17-14(11-16(19)20)12-6-2-1-3-7-12/h1-3,6-7,13-14H,4-5,8-11H2,(H,17,18)(H,19,20). The Morgan fingerprint density at radius 1 is 1.29 bits per heavy atom. The number of carboxylic acid groups (broad SMARTS) is 1. The van der Waals surface area contributed by atoms with Crippen molar-refractivity contribution in [2.75, 3.05) is 6.61 Å². The van der Waals surface area contributed by atoms with Crippen molar-refractivity contribution in [3.8, 4) is 0 Å². The predicted octanol–water partition coefficient (Wildman–Crippen LogP) is 2.28. The maximum absolute atomic E-state index is 12.1. The van der Waals surface area contributed by atoms with Crippen molar-refractivity contribution in [3.05, 3.63) is 35.9 Å². The fraction of sp³-hybridized carbons (Fsp3) is 0.500. The van der Waals surface area contributed by atoms with Crippen molar-refractivity contribution in [2.45, 2.75) is 44.2 Å². The van der Waals surface area contributed by atoms with Crippen LogP contribution in [0.4, 0.5) is 0 Å². The molecule has 1 aliphatic rings. The van der Waals surface area contributed by atoms with Gasteiger partial charge in [-0.2, -0.15) is 0 Å². The summed E-state index contributed by atoms with van der Waals surface area (Å²) in [6.45, 7) is 0.704. The number of ether oxygens (including phenoxy) is 1. The molecule has 2 rings (SSSR count). The van der Waals surface area contributed by atoms with Crippen molar-refractivity contribution < 1.29 is 19.4 Å². The molecule has 0 bridgehead atoms. The summed E-state index contributed by atoms with van der Waals surface area (Å²) in [6, 6.07) is 8.68. The molecule has 114 valence electrons. The highest BCUT2D eigenvalue weighted by Gasteiger charge is 2.22. The van der Waals surface area contributed by atoms with E-state index in [1.807, 2.05) is 30.3 Å². The number of benzene rings is 1. The highest BCUT2D eigenvalue weighted by atomic mass is 16.5. The van der Waals surface area contributed by atoms with Crippen LogP contribution in [0, 0.1) is 0 Å². The van der Waals surface area contributed by atoms with Crippen LogP contribution >= 0.6 is 0 Å². The third kappa shape index (κ3) is 5.19. The van der Waals surface area contributed by atoms with Crippen LogP contribution in [0.15, 0.2) is 30.3 Å². The van der Waals surface area contributed by atoms with Gasteiger partial charge in [0.2, 0.25) is 5.91 Å². The maximum atomic E-state index is 12.1. The number of carboxylic acids is 1. The number of hydrogen-bond acceptors (Lipinski definition) is 3. The molecule has 2 N–H and O–H groups in total. The molecule has 1 aromatic carbocycles. The number of hydrogen-bond donors (Lipinski definition) is 2. The third-order valence-corrected chi connectivity index (χ3v) is 3.60. The quantitative estimate of drug-likeness (QED) is 0.843. The molecule has 0 saturated carbocycles. The summed E-state index contributed by atoms with van der Waals surface area (Å²) in [4.78, 5) is 23.1. The van der Waals surface area contributed by atoms with Gasteiger partial charge in [-0.1, -0.05) is 30.3 Å². The lowest BCUT2D eigenvalue weighted by Crippen LogP contribution is -2.34. The molecular weight excluding hydrogens is 270 g/mol. The van der Waals surface area contributed by atoms with E-state index in [0.29, 0.717) is 13.0 Å². The van der Waals surface area contributed by atoms with E-state index in [9.17, 15) is 9.59 Å². The van der Waals surface area contributed by atoms with E-state index in [4.69, 9.17) is 9.84 Å². The molecule has 5 nitrogen and oxygen atoms in total. The normalized spacial score (nSPS) is 19.7. The minimum Gasteiger partial charge on any atom is -0.481 e. The van der Waals surface area contributed by atoms with E-state index in [2.05, 4.69) is 5.32 Å². The van der Waals surface area contributed by atoms with E-state index in [-0.39, 0.29) is 18.4 Å². The van der Waals surface area contributed by atoms with Crippen molar-refractivity contribution >= 4 is 11.9 Å². The fourth-order valence-electron chi connectivity index (χ4n) is 2.54. The molecule has 0 spiro atoms. The van der Waals surface area contributed by atoms with Crippen LogP contribution in [0.3, 0.4) is 0 Å². The van der Waals surface area contributed by atoms with Crippen LogP contribution in [0.5, 0.6) is 0 Å². The van der Waals surface area contributed by atoms with Gasteiger partial charge in [-0.05, 0) is 24.8 Å². The first-order chi connectivity index (χ1) is 10.1. The number of amides is 1. The van der Waals surface area contributed by atoms with Crippen molar-refractivity contribution in [2.24, 2.45) is 0 Å². The second-order valence-corrected chi connectivity index (χ2v) is 5.32. The van der Waals surface area contributed by atoms with Gasteiger partial charge in [0.05, 0.1) is 25.0 Å². The molecule has 1 amide bonds. The summed E-state index contributed by atoms with van der Waals surface area (Å²) in [5, 5.41) is 11.8. The average Bonchev–Trinajstić information content (AvgIpc) is 2.48. The Morgan fingerprint density at radius 3 is 2.67 bits per heavy atom. The molecule has 2 atom stereocenters. The zero-order valence-electron chi connectivity index (χ0n) is 12.0. The Balaban J connectivity index is 1.94. The molecule has 1 aromatic rings. The SMILES string of the molecule is O=C(O)CC(NC(=O)CC1CCCCO1)c1ccccc1. The van der Waals surface area contributed by atoms with Crippen LogP contribution in [0.1, 0.15) is 43.7 Å². The first-order valence-electron chi connectivity index (χ1n) is 7.33. The fourth-order valence-corrected chi connectivity index (χ4v) is 2.54. The lowest BCUT2D eigenvalue weighted by molar-refractivity contribution is -0.137. The minimum atomic E-state index is -0.932. The minimum absolute atomic E-state index is 0.0417. The Morgan fingerprint density at radius 2 is 2.05 bits per heavy atom. The molecular formula is C16H21NO4. The van der Waals surface area contributed by atoms with Gasteiger partial charge < -0.3 is 15.2 Å². The molecule has 1 fully saturated rings. The van der Waals surface area contributed by atoms with Crippen molar-refractivity contribution in [3.63, 3.8) is 0 Å². The highest BCUT2D eigenvalue weighted by molar-refractivity contribution is 5.78. The van der Waals surface area contributed by atoms with E-state index in [0.717, 1.165) is 24.8 Å². The van der Waals surface area contributed by atoms with E-state index in [1.165, 1.54) is 0 Å². The number of nitrogens with one attached hydrogen (secondary N) is 1. The average molecular weight is 291 g/mol. The second-order valence-electron chi connectivity index (χ2n) is 5.32. The van der Waals surface area contributed by atoms with Gasteiger partial charge in [0.25, 0.3) is 0 Å². The molecule has 21 heavy (non-hydrogen) atoms. The van der Waals surface area contributed by atoms with E-state index in [1.54, 1.807) is 0 Å². The van der Waals surface area contributed by atoms with Crippen molar-refractivity contribution in [1.82, 2.24) is 5.32 Å². The summed E-state index contributed by atoms with van der Waals surface area (Å²) in [6.07, 6.45) is 3.14. The Kier molecular flexibility index (Phi) is 5.75. The highest BCUT2D eigenvalue weighted by Crippen LogP contribution is 2.19. The zero-order valence-corrected chi connectivity index (χ0v) is 12.0. The summed E-state index contributed by atoms with van der Waals surface area (Å²) in [5.41, 5.74) is 0.804. The van der Waals surface area contributed by atoms with Crippen LogP contribution in [0.2, 0.25) is 0 Å². The summed E-state index contributed by atoms with van der Waals surface area (Å²) in [7, 11) is 0. The zero-order chi connectivity index (χ0) is 15.1. The largest absolute Gasteiger partial charge is 0.481 e. The predicted molar refractivity (Wildman–Crippen MR) is 77.8 cm³/mol. The monoisotopic (exact) mass is 291 g/mol. The van der Waals surface area contributed by atoms with Gasteiger partial charge in [-0.3, -0.25) is 9.59 Å². The topological polar surface area (TPSA) is 75.6 Å². The van der Waals surface area contributed by atoms with Gasteiger partial charge in [0, 0.05) is 6.61 Å². The Hall–Kier alpha value is -1.88. The molecule has 1 saturated heterocycles. The summed E-state index contributed by atoms with van der Waals surface area (Å²) in [5.74, 6) is -1.09. The Bertz CT molecular complexity index is 468. The van der Waals surface area contributed by atoms with Crippen LogP contribution in [-0.2, 0) is 14.3 Å². The van der Waals surface area contributed by atoms with Gasteiger partial charge in [-0.15, -0.1) is 0 Å². The molecule has 1 aliphatic heterocycles. The van der Waals surface area contributed by atoms with Gasteiger partial charge in [0.1, 0.15) is 0 Å². The van der Waals surface area contributed by atoms with Gasteiger partial charge in [0.15, 0.2) is 0 Å². The number of rotatable bonds is 6. The second kappa shape index (κ2) is 7.78. The summed E-state index contributed by atoms with van der Waals surface area (Å²) >= 11 is 0. The van der Waals surface area contributed by atoms with Crippen molar-refractivity contribution in [1.29, 1.82) is 0 Å². The van der Waals surface area contributed by atoms with Gasteiger partial charge >= 0.3 is 5.97 Å². The van der Waals surface area contributed by atoms with Crippen LogP contribution in [-0.4, -0.2) is 29.7 Å². The Labute approximate surface area is 124 Å². The maximum Gasteiger partial charge on any atom is 0.305 e. The molecule has 0 radical (unpaired) electrons. The first kappa shape index (κ1) is 15.5. The number of carbonyl (C=O) groups excluding carboxylic acids is 1. The molecule has 0 aliphatic carbocycles. The van der Waals surface area contributed by atoms with E-state index < -0.39 is 12.0 Å². The smallest absolute Gasteiger partial charge is 0.305 e. The third-order valence-electron chi connectivity index (χ3n) is 3.60. The van der Waals surface area contributed by atoms with Gasteiger partial charge in [-0.25, -0.2) is 0 Å². The lowest BCUT2D eigenvalue weighted by Gasteiger charge is -2.23.